The van der Waals surface area contributed by atoms with Gasteiger partial charge in [-0.2, -0.15) is 39.5 Å². The fourth-order valence-electron chi connectivity index (χ4n) is 3.55. The first-order chi connectivity index (χ1) is 18.6. The predicted octanol–water partition coefficient (Wildman–Crippen LogP) is 8.91. The Bertz CT molecular complexity index is 1400. The molecule has 15 heteroatoms. The molecule has 0 radical (unpaired) electrons. The van der Waals surface area contributed by atoms with Crippen LogP contribution in [0.25, 0.3) is 0 Å². The van der Waals surface area contributed by atoms with Gasteiger partial charge in [0, 0.05) is 0 Å². The number of rotatable bonds is 9. The van der Waals surface area contributed by atoms with Crippen molar-refractivity contribution < 1.29 is 56.3 Å². The first-order valence-electron chi connectivity index (χ1n) is 11.5. The van der Waals surface area contributed by atoms with Crippen molar-refractivity contribution in [1.82, 2.24) is 0 Å². The van der Waals surface area contributed by atoms with Crippen molar-refractivity contribution in [3.05, 3.63) is 84.9 Å². The highest BCUT2D eigenvalue weighted by Gasteiger charge is 2.88. The zero-order chi connectivity index (χ0) is 31.1. The van der Waals surface area contributed by atoms with E-state index in [1.54, 1.807) is 20.8 Å². The van der Waals surface area contributed by atoms with Gasteiger partial charge in [-0.1, -0.05) is 36.4 Å². The summed E-state index contributed by atoms with van der Waals surface area (Å²) in [6.45, 7) is 5.14. The molecule has 0 aromatic heterocycles. The molecule has 0 bridgehead atoms. The average Bonchev–Trinajstić information content (AvgIpc) is 2.87. The van der Waals surface area contributed by atoms with Crippen molar-refractivity contribution in [3.8, 4) is 5.75 Å². The maximum Gasteiger partial charge on any atom is 0.486 e. The van der Waals surface area contributed by atoms with Gasteiger partial charge in [-0.05, 0) is 69.3 Å². The summed E-state index contributed by atoms with van der Waals surface area (Å²) in [7, 11) is -11.1. The Morgan fingerprint density at radius 2 is 0.976 bits per heavy atom. The first-order valence-corrected chi connectivity index (χ1v) is 14.5. The molecule has 3 rings (SSSR count). The molecule has 0 amide bonds. The SMILES string of the molecule is CC(C)(C)Oc1ccc(S([OH+]S(=O)(=O)C(F)(F)C(F)(F)C(F)(F)C(F)(F)F)(c2ccccc2)c2ccccc2)cc1. The summed E-state index contributed by atoms with van der Waals surface area (Å²) in [5, 5.41) is -6.99. The average molecular weight is 636 g/mol. The summed E-state index contributed by atoms with van der Waals surface area (Å²) in [5.41, 5.74) is -0.699. The predicted molar refractivity (Wildman–Crippen MR) is 135 cm³/mol. The van der Waals surface area contributed by atoms with Gasteiger partial charge in [-0.3, -0.25) is 3.63 Å². The van der Waals surface area contributed by atoms with Crippen LogP contribution >= 0.6 is 10.3 Å². The summed E-state index contributed by atoms with van der Waals surface area (Å²) < 4.78 is 159. The van der Waals surface area contributed by atoms with E-state index in [2.05, 4.69) is 3.63 Å². The summed E-state index contributed by atoms with van der Waals surface area (Å²) in [6.07, 6.45) is -7.21. The van der Waals surface area contributed by atoms with Crippen LogP contribution in [-0.2, 0) is 10.1 Å². The Balaban J connectivity index is 2.33. The molecule has 0 unspecified atom stereocenters. The third-order valence-electron chi connectivity index (χ3n) is 5.41. The van der Waals surface area contributed by atoms with Gasteiger partial charge in [0.25, 0.3) is 0 Å². The molecule has 0 heterocycles. The number of hydrogen-bond donors (Lipinski definition) is 0. The minimum absolute atomic E-state index is 0.124. The van der Waals surface area contributed by atoms with Crippen LogP contribution in [0, 0.1) is 0 Å². The summed E-state index contributed by atoms with van der Waals surface area (Å²) >= 11 is 0. The Labute approximate surface area is 231 Å². The van der Waals surface area contributed by atoms with E-state index in [0.29, 0.717) is 0 Å². The van der Waals surface area contributed by atoms with E-state index in [-0.39, 0.29) is 20.4 Å². The fraction of sp³-hybridized carbons (Fsp3) is 0.308. The van der Waals surface area contributed by atoms with E-state index in [9.17, 15) is 47.9 Å². The van der Waals surface area contributed by atoms with Crippen LogP contribution < -0.4 is 4.74 Å². The summed E-state index contributed by atoms with van der Waals surface area (Å²) in [4.78, 5) is -0.400. The Morgan fingerprint density at radius 1 is 0.585 bits per heavy atom. The van der Waals surface area contributed by atoms with Crippen molar-refractivity contribution in [3.63, 3.8) is 0 Å². The second kappa shape index (κ2) is 10.7. The summed E-state index contributed by atoms with van der Waals surface area (Å²) in [6, 6.07) is 18.3. The lowest BCUT2D eigenvalue weighted by Gasteiger charge is -2.37. The largest absolute Gasteiger partial charge is 0.488 e. The smallest absolute Gasteiger partial charge is 0.486 e. The van der Waals surface area contributed by atoms with Crippen LogP contribution in [0.15, 0.2) is 99.6 Å². The molecule has 0 aliphatic carbocycles. The number of halogens is 9. The molecule has 3 aromatic rings. The van der Waals surface area contributed by atoms with Crippen LogP contribution in [0.3, 0.4) is 0 Å². The molecule has 0 saturated carbocycles. The normalized spacial score (nSPS) is 14.5. The highest BCUT2D eigenvalue weighted by Crippen LogP contribution is 2.69. The van der Waals surface area contributed by atoms with Crippen LogP contribution in [0.1, 0.15) is 20.8 Å². The van der Waals surface area contributed by atoms with Gasteiger partial charge in [0.2, 0.25) is 0 Å². The van der Waals surface area contributed by atoms with Crippen molar-refractivity contribution in [2.75, 3.05) is 0 Å². The Kier molecular flexibility index (Phi) is 8.53. The molecule has 226 valence electrons. The van der Waals surface area contributed by atoms with Gasteiger partial charge in [0.15, 0.2) is 0 Å². The van der Waals surface area contributed by atoms with Gasteiger partial charge >= 0.3 is 33.4 Å². The molecule has 0 aliphatic rings. The van der Waals surface area contributed by atoms with E-state index in [4.69, 9.17) is 4.74 Å². The highest BCUT2D eigenvalue weighted by molar-refractivity contribution is 8.32. The van der Waals surface area contributed by atoms with Crippen LogP contribution in [0.4, 0.5) is 39.5 Å². The number of benzene rings is 3. The number of ether oxygens (including phenoxy) is 1. The maximum absolute atomic E-state index is 14.9. The third kappa shape index (κ3) is 5.89. The third-order valence-corrected chi connectivity index (χ3v) is 10.9. The highest BCUT2D eigenvalue weighted by atomic mass is 32.3. The molecule has 4 nitrogen and oxygen atoms in total. The van der Waals surface area contributed by atoms with Crippen LogP contribution in [0.2, 0.25) is 0 Å². The Morgan fingerprint density at radius 3 is 1.34 bits per heavy atom. The Hall–Kier alpha value is -2.91. The second-order valence-corrected chi connectivity index (χ2v) is 14.2. The maximum atomic E-state index is 14.9. The molecule has 0 fully saturated rings. The standard InChI is InChI=1S/C26H23F9O4S2/c1-22(2,3)38-18-14-16-21(17-15-18)40(19-10-6-4-7-11-19,20-12-8-5-9-13-20)39-41(36,37)26(34,35)24(29,30)23(27,28)25(31,32)33/h4-17H,1-3H3/p+1. The molecule has 0 spiro atoms. The lowest BCUT2D eigenvalue weighted by atomic mass is 10.1. The van der Waals surface area contributed by atoms with Crippen molar-refractivity contribution in [1.29, 1.82) is 0 Å². The van der Waals surface area contributed by atoms with Gasteiger partial charge in [-0.25, -0.2) is 0 Å². The van der Waals surface area contributed by atoms with Gasteiger partial charge in [-0.15, -0.1) is 8.42 Å². The van der Waals surface area contributed by atoms with E-state index >= 15 is 0 Å². The monoisotopic (exact) mass is 635 g/mol. The number of alkyl halides is 9. The van der Waals surface area contributed by atoms with E-state index < -0.39 is 49.3 Å². The van der Waals surface area contributed by atoms with E-state index in [1.807, 2.05) is 0 Å². The molecule has 0 aliphatic heterocycles. The fourth-order valence-corrected chi connectivity index (χ4v) is 9.03. The lowest BCUT2D eigenvalue weighted by molar-refractivity contribution is -0.382. The molecule has 1 N–H and O–H groups in total. The minimum Gasteiger partial charge on any atom is -0.488 e. The van der Waals surface area contributed by atoms with Gasteiger partial charge in [0.05, 0.1) is 25.0 Å². The zero-order valence-electron chi connectivity index (χ0n) is 21.5. The van der Waals surface area contributed by atoms with Gasteiger partial charge in [0.1, 0.15) is 11.4 Å². The van der Waals surface area contributed by atoms with Crippen LogP contribution in [0.5, 0.6) is 5.75 Å². The topological polar surface area (TPSA) is 56.2 Å². The molecule has 3 aromatic carbocycles. The second-order valence-electron chi connectivity index (χ2n) is 9.60. The lowest BCUT2D eigenvalue weighted by Crippen LogP contribution is -2.63. The van der Waals surface area contributed by atoms with Gasteiger partial charge < -0.3 is 4.74 Å². The number of hydrogen-bond acceptors (Lipinski definition) is 3. The van der Waals surface area contributed by atoms with Crippen molar-refractivity contribution >= 4 is 20.4 Å². The van der Waals surface area contributed by atoms with E-state index in [1.165, 1.54) is 84.9 Å². The van der Waals surface area contributed by atoms with E-state index in [0.717, 1.165) is 0 Å². The molecular formula is C26H24F9O4S2+. The minimum atomic E-state index is -7.43. The van der Waals surface area contributed by atoms with Crippen molar-refractivity contribution in [2.45, 2.75) is 64.3 Å². The van der Waals surface area contributed by atoms with Crippen molar-refractivity contribution in [2.24, 2.45) is 0 Å². The molecule has 0 atom stereocenters. The molecular weight excluding hydrogens is 611 g/mol. The quantitative estimate of drug-likeness (QED) is 0.134. The zero-order valence-corrected chi connectivity index (χ0v) is 23.1. The first kappa shape index (κ1) is 32.6. The van der Waals surface area contributed by atoms with Crippen LogP contribution in [-0.4, -0.2) is 40.9 Å². The summed E-state index contributed by atoms with van der Waals surface area (Å²) in [5.74, 6) is -14.6. The molecule has 0 saturated heterocycles. The molecule has 41 heavy (non-hydrogen) atoms.